The van der Waals surface area contributed by atoms with E-state index in [2.05, 4.69) is 0 Å². The molecule has 10 heavy (non-hydrogen) atoms. The molecule has 52 valence electrons. The molecule has 1 unspecified atom stereocenters. The average Bonchev–Trinajstić information content (AvgIpc) is 1.91. The fraction of sp³-hybridized carbons (Fsp3) is 0. The third-order valence-corrected chi connectivity index (χ3v) is 1.30. The number of rotatable bonds is 2. The quantitative estimate of drug-likeness (QED) is 0.502. The second-order valence-corrected chi connectivity index (χ2v) is 1.96. The molecular formula is C6H9CaO2P. The molecule has 2 nitrogen and oxygen atoms in total. The predicted molar refractivity (Wildman–Crippen MR) is 46.0 cm³/mol. The Bertz CT molecular complexity index is 190. The average molecular weight is 184 g/mol. The molecule has 0 heterocycles. The molecule has 0 aliphatic carbocycles. The van der Waals surface area contributed by atoms with E-state index >= 15 is 0 Å². The van der Waals surface area contributed by atoms with Gasteiger partial charge in [-0.25, -0.2) is 0 Å². The summed E-state index contributed by atoms with van der Waals surface area (Å²) < 4.78 is 14.7. The zero-order valence-corrected chi connectivity index (χ0v) is 5.94. The zero-order valence-electron chi connectivity index (χ0n) is 4.78. The third kappa shape index (κ3) is 3.62. The Morgan fingerprint density at radius 3 is 2.30 bits per heavy atom. The summed E-state index contributed by atoms with van der Waals surface area (Å²) in [5, 5.41) is 0. The molecule has 1 rings (SSSR count). The Labute approximate surface area is 90.9 Å². The van der Waals surface area contributed by atoms with Crippen molar-refractivity contribution in [2.45, 2.75) is 0 Å². The van der Waals surface area contributed by atoms with Gasteiger partial charge in [-0.2, -0.15) is 0 Å². The van der Waals surface area contributed by atoms with Crippen LogP contribution < -0.4 is 4.52 Å². The number of hydrogen-bond donors (Lipinski definition) is 0. The van der Waals surface area contributed by atoms with Crippen LogP contribution in [0.25, 0.3) is 0 Å². The van der Waals surface area contributed by atoms with Crippen molar-refractivity contribution in [3.8, 4) is 5.75 Å². The second kappa shape index (κ2) is 6.23. The van der Waals surface area contributed by atoms with Gasteiger partial charge in [0.05, 0.1) is 0 Å². The molecule has 4 heteroatoms. The molecule has 0 amide bonds. The first kappa shape index (κ1) is 10.5. The van der Waals surface area contributed by atoms with Crippen LogP contribution in [-0.2, 0) is 4.57 Å². The van der Waals surface area contributed by atoms with Crippen molar-refractivity contribution in [3.05, 3.63) is 30.3 Å². The van der Waals surface area contributed by atoms with Crippen LogP contribution in [0.4, 0.5) is 0 Å². The van der Waals surface area contributed by atoms with Crippen LogP contribution in [0.1, 0.15) is 0 Å². The molecule has 0 N–H and O–H groups in total. The van der Waals surface area contributed by atoms with Gasteiger partial charge < -0.3 is 4.52 Å². The standard InChI is InChI=1S/C6H7O2P.Ca.2H/c7-9-8-6-4-2-1-3-5-6;;;/h1-5H,9H2;;;. The maximum absolute atomic E-state index is 9.96. The van der Waals surface area contributed by atoms with Crippen LogP contribution in [0.5, 0.6) is 5.75 Å². The van der Waals surface area contributed by atoms with Gasteiger partial charge in [0.2, 0.25) is 8.69 Å². The predicted octanol–water partition coefficient (Wildman–Crippen LogP) is 0.820. The van der Waals surface area contributed by atoms with E-state index < -0.39 is 8.69 Å². The van der Waals surface area contributed by atoms with E-state index in [1.165, 1.54) is 0 Å². The van der Waals surface area contributed by atoms with Crippen molar-refractivity contribution < 1.29 is 9.09 Å². The van der Waals surface area contributed by atoms with Gasteiger partial charge in [-0.1, -0.05) is 18.2 Å². The van der Waals surface area contributed by atoms with Crippen LogP contribution in [0.15, 0.2) is 30.3 Å². The first-order valence-electron chi connectivity index (χ1n) is 2.59. The Kier molecular flexibility index (Phi) is 6.55. The fourth-order valence-electron chi connectivity index (χ4n) is 0.555. The Morgan fingerprint density at radius 2 is 1.80 bits per heavy atom. The van der Waals surface area contributed by atoms with Crippen molar-refractivity contribution in [1.82, 2.24) is 0 Å². The zero-order chi connectivity index (χ0) is 6.53. The van der Waals surface area contributed by atoms with Gasteiger partial charge in [-0.3, -0.25) is 4.57 Å². The summed E-state index contributed by atoms with van der Waals surface area (Å²) in [6.45, 7) is 0. The van der Waals surface area contributed by atoms with Gasteiger partial charge in [0.1, 0.15) is 5.75 Å². The SMILES string of the molecule is O=[PH2]Oc1ccccc1.[CaH2]. The van der Waals surface area contributed by atoms with E-state index in [-0.39, 0.29) is 37.7 Å². The molecular weight excluding hydrogens is 175 g/mol. The van der Waals surface area contributed by atoms with Gasteiger partial charge in [0, 0.05) is 0 Å². The van der Waals surface area contributed by atoms with Crippen molar-refractivity contribution in [3.63, 3.8) is 0 Å². The van der Waals surface area contributed by atoms with E-state index in [9.17, 15) is 4.57 Å². The van der Waals surface area contributed by atoms with Gasteiger partial charge in [-0.15, -0.1) is 0 Å². The van der Waals surface area contributed by atoms with Crippen molar-refractivity contribution >= 4 is 46.4 Å². The molecule has 1 aromatic rings. The van der Waals surface area contributed by atoms with E-state index in [4.69, 9.17) is 4.52 Å². The Hall–Kier alpha value is 0.510. The molecule has 0 aromatic heterocycles. The molecule has 0 saturated heterocycles. The molecule has 0 spiro atoms. The summed E-state index contributed by atoms with van der Waals surface area (Å²) in [7, 11) is -1.12. The Balaban J connectivity index is 0.000000810. The number of para-hydroxylation sites is 1. The van der Waals surface area contributed by atoms with Crippen LogP contribution in [0.3, 0.4) is 0 Å². The molecule has 1 aromatic carbocycles. The first-order chi connectivity index (χ1) is 4.43. The van der Waals surface area contributed by atoms with Gasteiger partial charge in [0.15, 0.2) is 0 Å². The summed E-state index contributed by atoms with van der Waals surface area (Å²) in [6.07, 6.45) is 0. The summed E-state index contributed by atoms with van der Waals surface area (Å²) in [4.78, 5) is 0. The normalized spacial score (nSPS) is 9.20. The summed E-state index contributed by atoms with van der Waals surface area (Å²) in [5.74, 6) is 0.669. The summed E-state index contributed by atoms with van der Waals surface area (Å²) in [6, 6.07) is 9.09. The molecule has 0 aliphatic rings. The molecule has 0 radical (unpaired) electrons. The maximum atomic E-state index is 9.96. The number of hydrogen-bond acceptors (Lipinski definition) is 2. The van der Waals surface area contributed by atoms with Crippen molar-refractivity contribution in [1.29, 1.82) is 0 Å². The van der Waals surface area contributed by atoms with E-state index in [1.54, 1.807) is 12.1 Å². The molecule has 1 atom stereocenters. The minimum atomic E-state index is -1.12. The van der Waals surface area contributed by atoms with E-state index in [0.717, 1.165) is 0 Å². The van der Waals surface area contributed by atoms with Gasteiger partial charge >= 0.3 is 37.7 Å². The Morgan fingerprint density at radius 1 is 1.20 bits per heavy atom. The third-order valence-electron chi connectivity index (χ3n) is 0.927. The summed E-state index contributed by atoms with van der Waals surface area (Å²) >= 11 is 0. The molecule has 0 saturated carbocycles. The topological polar surface area (TPSA) is 26.3 Å². The van der Waals surface area contributed by atoms with Gasteiger partial charge in [0.25, 0.3) is 0 Å². The second-order valence-electron chi connectivity index (χ2n) is 1.53. The fourth-order valence-corrected chi connectivity index (χ4v) is 0.823. The van der Waals surface area contributed by atoms with Crippen molar-refractivity contribution in [2.75, 3.05) is 0 Å². The van der Waals surface area contributed by atoms with Crippen LogP contribution in [-0.4, -0.2) is 37.7 Å². The van der Waals surface area contributed by atoms with E-state index in [1.807, 2.05) is 18.2 Å². The van der Waals surface area contributed by atoms with Gasteiger partial charge in [-0.05, 0) is 12.1 Å². The minimum absolute atomic E-state index is 0. The number of benzene rings is 1. The first-order valence-corrected chi connectivity index (χ1v) is 3.53. The van der Waals surface area contributed by atoms with Crippen LogP contribution in [0, 0.1) is 0 Å². The molecule has 0 bridgehead atoms. The van der Waals surface area contributed by atoms with Crippen LogP contribution >= 0.6 is 8.69 Å². The van der Waals surface area contributed by atoms with Crippen molar-refractivity contribution in [2.24, 2.45) is 0 Å². The molecule has 0 fully saturated rings. The van der Waals surface area contributed by atoms with E-state index in [0.29, 0.717) is 5.75 Å². The monoisotopic (exact) mass is 184 g/mol. The van der Waals surface area contributed by atoms with Crippen LogP contribution in [0.2, 0.25) is 0 Å². The molecule has 0 aliphatic heterocycles. The summed E-state index contributed by atoms with van der Waals surface area (Å²) in [5.41, 5.74) is 0.